The van der Waals surface area contributed by atoms with Crippen LogP contribution in [0.4, 0.5) is 5.82 Å². The first-order valence-electron chi connectivity index (χ1n) is 11.0. The number of hydrogen-bond acceptors (Lipinski definition) is 9. The Kier molecular flexibility index (Phi) is 6.95. The first-order chi connectivity index (χ1) is 16.6. The van der Waals surface area contributed by atoms with Gasteiger partial charge in [-0.05, 0) is 38.5 Å². The Balaban J connectivity index is 1.92. The zero-order valence-electron chi connectivity index (χ0n) is 19.7. The van der Waals surface area contributed by atoms with E-state index in [9.17, 15) is 19.2 Å². The number of amides is 2. The zero-order chi connectivity index (χ0) is 25.4. The number of pyridine rings is 1. The van der Waals surface area contributed by atoms with Gasteiger partial charge in [0.25, 0.3) is 11.5 Å². The highest BCUT2D eigenvalue weighted by Crippen LogP contribution is 2.35. The standard InChI is InChI=1S/C23H25N5O5S2/c1-12(2)28-22(32)16(35-23(28)34)9-14-19(25-17-6-5-13(3)11-27(17)21(14)31)26-8-7-24-20(30)15(26)10-18(29)33-4/h5-6,9,11-12,15H,7-8,10H2,1-4H3,(H,24,30)/b16-9-. The Morgan fingerprint density at radius 1 is 1.34 bits per heavy atom. The third kappa shape index (κ3) is 4.67. The second kappa shape index (κ2) is 9.78. The minimum atomic E-state index is -0.923. The lowest BCUT2D eigenvalue weighted by atomic mass is 10.1. The molecule has 184 valence electrons. The van der Waals surface area contributed by atoms with Crippen molar-refractivity contribution >= 4 is 63.6 Å². The summed E-state index contributed by atoms with van der Waals surface area (Å²) in [5.41, 5.74) is 0.977. The molecule has 2 aromatic heterocycles. The first-order valence-corrected chi connectivity index (χ1v) is 12.3. The molecule has 2 aliphatic heterocycles. The first kappa shape index (κ1) is 24.9. The number of hydrogen-bond donors (Lipinski definition) is 1. The van der Waals surface area contributed by atoms with Gasteiger partial charge in [-0.1, -0.05) is 30.0 Å². The van der Waals surface area contributed by atoms with Crippen molar-refractivity contribution in [1.29, 1.82) is 0 Å². The number of fused-ring (bicyclic) bond motifs is 1. The van der Waals surface area contributed by atoms with Crippen LogP contribution < -0.4 is 15.8 Å². The number of aryl methyl sites for hydroxylation is 1. The van der Waals surface area contributed by atoms with Gasteiger partial charge >= 0.3 is 5.97 Å². The molecule has 0 bridgehead atoms. The number of carbonyl (C=O) groups excluding carboxylic acids is 3. The van der Waals surface area contributed by atoms with Gasteiger partial charge in [0.1, 0.15) is 21.8 Å². The third-order valence-corrected chi connectivity index (χ3v) is 7.12. The van der Waals surface area contributed by atoms with Crippen molar-refractivity contribution in [2.24, 2.45) is 0 Å². The summed E-state index contributed by atoms with van der Waals surface area (Å²) in [6, 6.07) is 2.48. The fraction of sp³-hybridized carbons (Fsp3) is 0.391. The van der Waals surface area contributed by atoms with Crippen LogP contribution in [0.1, 0.15) is 31.4 Å². The average Bonchev–Trinajstić information content (AvgIpc) is 3.10. The quantitative estimate of drug-likeness (QED) is 0.359. The summed E-state index contributed by atoms with van der Waals surface area (Å²) >= 11 is 6.49. The average molecular weight is 516 g/mol. The van der Waals surface area contributed by atoms with E-state index in [0.29, 0.717) is 28.0 Å². The molecule has 2 amide bonds. The van der Waals surface area contributed by atoms with Crippen LogP contribution in [0.25, 0.3) is 11.7 Å². The van der Waals surface area contributed by atoms with Crippen molar-refractivity contribution < 1.29 is 19.1 Å². The summed E-state index contributed by atoms with van der Waals surface area (Å²) in [7, 11) is 1.25. The van der Waals surface area contributed by atoms with Crippen molar-refractivity contribution in [2.75, 3.05) is 25.1 Å². The summed E-state index contributed by atoms with van der Waals surface area (Å²) in [4.78, 5) is 59.7. The van der Waals surface area contributed by atoms with E-state index >= 15 is 0 Å². The number of piperazine rings is 1. The van der Waals surface area contributed by atoms with Crippen LogP contribution in [0.2, 0.25) is 0 Å². The van der Waals surface area contributed by atoms with Crippen LogP contribution in [0.15, 0.2) is 28.0 Å². The van der Waals surface area contributed by atoms with Gasteiger partial charge in [-0.3, -0.25) is 28.5 Å². The zero-order valence-corrected chi connectivity index (χ0v) is 21.4. The summed E-state index contributed by atoms with van der Waals surface area (Å²) < 4.78 is 6.59. The number of anilines is 1. The van der Waals surface area contributed by atoms with Crippen LogP contribution in [0, 0.1) is 6.92 Å². The van der Waals surface area contributed by atoms with Crippen LogP contribution in [-0.4, -0.2) is 68.7 Å². The fourth-order valence-electron chi connectivity index (χ4n) is 4.06. The maximum Gasteiger partial charge on any atom is 0.308 e. The van der Waals surface area contributed by atoms with Gasteiger partial charge in [-0.15, -0.1) is 0 Å². The number of ether oxygens (including phenoxy) is 1. The van der Waals surface area contributed by atoms with Gasteiger partial charge in [-0.25, -0.2) is 4.98 Å². The van der Waals surface area contributed by atoms with E-state index < -0.39 is 17.6 Å². The highest BCUT2D eigenvalue weighted by molar-refractivity contribution is 8.26. The summed E-state index contributed by atoms with van der Waals surface area (Å²) in [5.74, 6) is -1.01. The normalized spacial score (nSPS) is 19.7. The number of aromatic nitrogens is 2. The maximum absolute atomic E-state index is 13.7. The van der Waals surface area contributed by atoms with E-state index in [-0.39, 0.29) is 35.7 Å². The van der Waals surface area contributed by atoms with Gasteiger partial charge < -0.3 is 15.0 Å². The molecule has 35 heavy (non-hydrogen) atoms. The predicted molar refractivity (Wildman–Crippen MR) is 137 cm³/mol. The largest absolute Gasteiger partial charge is 0.469 e. The van der Waals surface area contributed by atoms with E-state index in [0.717, 1.165) is 17.3 Å². The van der Waals surface area contributed by atoms with E-state index in [2.05, 4.69) is 5.32 Å². The highest BCUT2D eigenvalue weighted by Gasteiger charge is 2.37. The van der Waals surface area contributed by atoms with Gasteiger partial charge in [0.05, 0.1) is 24.0 Å². The molecule has 2 aliphatic rings. The number of methoxy groups -OCH3 is 1. The monoisotopic (exact) mass is 515 g/mol. The Hall–Kier alpha value is -3.25. The molecular weight excluding hydrogens is 490 g/mol. The fourth-order valence-corrected chi connectivity index (χ4v) is 5.57. The highest BCUT2D eigenvalue weighted by atomic mass is 32.2. The number of carbonyl (C=O) groups is 3. The number of esters is 1. The second-order valence-electron chi connectivity index (χ2n) is 8.51. The van der Waals surface area contributed by atoms with Crippen molar-refractivity contribution in [3.05, 3.63) is 44.7 Å². The second-order valence-corrected chi connectivity index (χ2v) is 10.2. The minimum absolute atomic E-state index is 0.137. The van der Waals surface area contributed by atoms with Gasteiger partial charge in [0, 0.05) is 25.3 Å². The van der Waals surface area contributed by atoms with E-state index in [1.165, 1.54) is 22.5 Å². The van der Waals surface area contributed by atoms with E-state index in [1.54, 1.807) is 17.2 Å². The Bertz CT molecular complexity index is 1340. The van der Waals surface area contributed by atoms with Crippen LogP contribution in [0.3, 0.4) is 0 Å². The van der Waals surface area contributed by atoms with Gasteiger partial charge in [0.2, 0.25) is 5.91 Å². The van der Waals surface area contributed by atoms with Gasteiger partial charge in [0.15, 0.2) is 0 Å². The van der Waals surface area contributed by atoms with Crippen LogP contribution in [0.5, 0.6) is 0 Å². The molecule has 0 spiro atoms. The molecule has 0 saturated carbocycles. The molecule has 0 aromatic carbocycles. The van der Waals surface area contributed by atoms with Crippen molar-refractivity contribution in [3.8, 4) is 0 Å². The SMILES string of the molecule is COC(=O)CC1C(=O)NCCN1c1nc2ccc(C)cn2c(=O)c1/C=C1\SC(=S)N(C(C)C)C1=O. The molecule has 12 heteroatoms. The maximum atomic E-state index is 13.7. The molecule has 2 saturated heterocycles. The number of rotatable bonds is 5. The smallest absolute Gasteiger partial charge is 0.308 e. The molecule has 1 atom stereocenters. The topological polar surface area (TPSA) is 113 Å². The lowest BCUT2D eigenvalue weighted by Gasteiger charge is -2.36. The number of nitrogens with zero attached hydrogens (tertiary/aromatic N) is 4. The van der Waals surface area contributed by atoms with Crippen molar-refractivity contribution in [3.63, 3.8) is 0 Å². The molecule has 2 aromatic rings. The Morgan fingerprint density at radius 2 is 2.09 bits per heavy atom. The molecule has 10 nitrogen and oxygen atoms in total. The molecule has 4 rings (SSSR count). The summed E-state index contributed by atoms with van der Waals surface area (Å²) in [6.07, 6.45) is 2.94. The van der Waals surface area contributed by atoms with Gasteiger partial charge in [-0.2, -0.15) is 0 Å². The van der Waals surface area contributed by atoms with Crippen LogP contribution in [-0.2, 0) is 19.1 Å². The van der Waals surface area contributed by atoms with Crippen molar-refractivity contribution in [1.82, 2.24) is 19.6 Å². The van der Waals surface area contributed by atoms with E-state index in [1.807, 2.05) is 26.8 Å². The molecule has 2 fully saturated rings. The Labute approximate surface area is 211 Å². The number of thiocarbonyl (C=S) groups is 1. The van der Waals surface area contributed by atoms with E-state index in [4.69, 9.17) is 21.9 Å². The summed E-state index contributed by atoms with van der Waals surface area (Å²) in [5, 5.41) is 2.75. The molecule has 0 radical (unpaired) electrons. The summed E-state index contributed by atoms with van der Waals surface area (Å²) in [6.45, 7) is 6.20. The third-order valence-electron chi connectivity index (χ3n) is 5.79. The minimum Gasteiger partial charge on any atom is -0.469 e. The Morgan fingerprint density at radius 3 is 2.74 bits per heavy atom. The molecule has 1 N–H and O–H groups in total. The molecule has 0 aliphatic carbocycles. The lowest BCUT2D eigenvalue weighted by molar-refractivity contribution is -0.143. The molecular formula is C23H25N5O5S2. The molecule has 4 heterocycles. The molecule has 1 unspecified atom stereocenters. The lowest BCUT2D eigenvalue weighted by Crippen LogP contribution is -2.57. The van der Waals surface area contributed by atoms with Crippen molar-refractivity contribution in [2.45, 2.75) is 39.3 Å². The predicted octanol–water partition coefficient (Wildman–Crippen LogP) is 1.48. The number of thioether (sulfide) groups is 1. The van der Waals surface area contributed by atoms with Crippen LogP contribution >= 0.6 is 24.0 Å². The number of nitrogens with one attached hydrogen (secondary N) is 1.